The summed E-state index contributed by atoms with van der Waals surface area (Å²) in [6.07, 6.45) is 4.63. The summed E-state index contributed by atoms with van der Waals surface area (Å²) >= 11 is 5.77. The number of hydrogen-bond acceptors (Lipinski definition) is 8. The molecule has 3 aromatic rings. The lowest BCUT2D eigenvalue weighted by Gasteiger charge is -2.32. The second-order valence-electron chi connectivity index (χ2n) is 9.89. The molecule has 2 aliphatic heterocycles. The average Bonchev–Trinajstić information content (AvgIpc) is 3.00. The van der Waals surface area contributed by atoms with E-state index in [4.69, 9.17) is 25.8 Å². The molecule has 2 aliphatic rings. The number of hydrogen-bond donors (Lipinski definition) is 1. The van der Waals surface area contributed by atoms with Gasteiger partial charge in [-0.1, -0.05) is 18.2 Å². The Bertz CT molecular complexity index is 1400. The molecule has 2 aromatic carbocycles. The zero-order valence-corrected chi connectivity index (χ0v) is 23.3. The molecule has 0 radical (unpaired) electrons. The molecule has 3 heterocycles. The molecule has 9 nitrogen and oxygen atoms in total. The predicted octanol–water partition coefficient (Wildman–Crippen LogP) is 4.96. The van der Waals surface area contributed by atoms with Gasteiger partial charge in [-0.2, -0.15) is 0 Å². The van der Waals surface area contributed by atoms with Crippen molar-refractivity contribution >= 4 is 39.9 Å². The molecule has 0 spiro atoms. The minimum Gasteiger partial charge on any atom is -0.490 e. The van der Waals surface area contributed by atoms with Crippen LogP contribution in [0.2, 0.25) is 5.02 Å². The average molecular weight is 588 g/mol. The van der Waals surface area contributed by atoms with Gasteiger partial charge in [0, 0.05) is 57.0 Å². The molecule has 2 saturated heterocycles. The van der Waals surface area contributed by atoms with Crippen LogP contribution in [-0.4, -0.2) is 84.3 Å². The van der Waals surface area contributed by atoms with Gasteiger partial charge in [0.15, 0.2) is 17.3 Å². The lowest BCUT2D eigenvalue weighted by Crippen LogP contribution is -2.41. The van der Waals surface area contributed by atoms with Crippen LogP contribution in [-0.2, 0) is 9.53 Å². The maximum Gasteiger partial charge on any atom is 0.245 e. The van der Waals surface area contributed by atoms with Gasteiger partial charge in [-0.05, 0) is 30.7 Å². The van der Waals surface area contributed by atoms with Crippen LogP contribution in [0.1, 0.15) is 19.3 Å². The molecule has 0 unspecified atom stereocenters. The number of nitrogens with one attached hydrogen (secondary N) is 1. The molecule has 5 rings (SSSR count). The second kappa shape index (κ2) is 13.4. The van der Waals surface area contributed by atoms with Crippen molar-refractivity contribution in [2.75, 3.05) is 57.9 Å². The van der Waals surface area contributed by atoms with E-state index in [2.05, 4.69) is 26.8 Å². The first-order chi connectivity index (χ1) is 19.9. The topological polar surface area (TPSA) is 89.0 Å². The zero-order valence-electron chi connectivity index (χ0n) is 22.6. The molecular weight excluding hydrogens is 556 g/mol. The van der Waals surface area contributed by atoms with E-state index in [0.717, 1.165) is 45.3 Å². The van der Waals surface area contributed by atoms with E-state index in [-0.39, 0.29) is 17.7 Å². The van der Waals surface area contributed by atoms with Gasteiger partial charge >= 0.3 is 0 Å². The van der Waals surface area contributed by atoms with Crippen molar-refractivity contribution in [1.82, 2.24) is 19.8 Å². The highest BCUT2D eigenvalue weighted by Crippen LogP contribution is 2.37. The Balaban J connectivity index is 1.38. The fraction of sp³-hybridized carbons (Fsp3) is 0.414. The minimum atomic E-state index is -0.920. The summed E-state index contributed by atoms with van der Waals surface area (Å²) in [6, 6.07) is 5.88. The number of aromatic nitrogens is 2. The Labute approximate surface area is 242 Å². The highest BCUT2D eigenvalue weighted by Gasteiger charge is 2.24. The van der Waals surface area contributed by atoms with Crippen LogP contribution in [0.5, 0.6) is 11.5 Å². The Morgan fingerprint density at radius 3 is 2.68 bits per heavy atom. The van der Waals surface area contributed by atoms with Crippen LogP contribution in [0.25, 0.3) is 10.9 Å². The van der Waals surface area contributed by atoms with E-state index in [1.54, 1.807) is 17.0 Å². The van der Waals surface area contributed by atoms with Gasteiger partial charge in [-0.3, -0.25) is 9.69 Å². The first kappa shape index (κ1) is 29.0. The van der Waals surface area contributed by atoms with Crippen molar-refractivity contribution in [3.8, 4) is 11.5 Å². The summed E-state index contributed by atoms with van der Waals surface area (Å²) < 4.78 is 46.4. The maximum atomic E-state index is 14.7. The van der Waals surface area contributed by atoms with Gasteiger partial charge in [0.05, 0.1) is 31.0 Å². The van der Waals surface area contributed by atoms with Crippen molar-refractivity contribution in [2.24, 2.45) is 0 Å². The van der Waals surface area contributed by atoms with Crippen LogP contribution < -0.4 is 14.8 Å². The number of piperidine rings is 1. The summed E-state index contributed by atoms with van der Waals surface area (Å²) in [7, 11) is 0. The van der Waals surface area contributed by atoms with E-state index in [9.17, 15) is 13.6 Å². The highest BCUT2D eigenvalue weighted by molar-refractivity contribution is 6.31. The third-order valence-electron chi connectivity index (χ3n) is 7.19. The molecule has 1 aromatic heterocycles. The summed E-state index contributed by atoms with van der Waals surface area (Å²) in [5.74, 6) is -0.547. The number of nitrogens with zero attached hydrogens (tertiary/aromatic N) is 4. The first-order valence-electron chi connectivity index (χ1n) is 13.6. The smallest absolute Gasteiger partial charge is 0.245 e. The van der Waals surface area contributed by atoms with Crippen molar-refractivity contribution in [3.05, 3.63) is 59.9 Å². The standard InChI is InChI=1S/C29H32ClF2N5O4/c1-2-26(38)37-9-6-19(7-10-37)41-25-16-20-23(17-24(25)40-13-3-8-36-11-14-39-15-12-36)33-18-34-29(20)35-22-5-4-21(31)27(30)28(22)32/h2,4-5,16-19H,1,3,6-15H2,(H,33,34,35). The Hall–Kier alpha value is -3.54. The maximum absolute atomic E-state index is 14.7. The van der Waals surface area contributed by atoms with Gasteiger partial charge in [-0.15, -0.1) is 0 Å². The monoisotopic (exact) mass is 587 g/mol. The van der Waals surface area contributed by atoms with Gasteiger partial charge in [0.2, 0.25) is 5.91 Å². The third kappa shape index (κ3) is 7.03. The van der Waals surface area contributed by atoms with Crippen molar-refractivity contribution < 1.29 is 27.8 Å². The number of anilines is 2. The number of fused-ring (bicyclic) bond motifs is 1. The quantitative estimate of drug-likeness (QED) is 0.202. The van der Waals surface area contributed by atoms with Crippen LogP contribution in [0.4, 0.5) is 20.3 Å². The van der Waals surface area contributed by atoms with Gasteiger partial charge in [-0.25, -0.2) is 18.7 Å². The number of likely N-dealkylation sites (tertiary alicyclic amines) is 1. The fourth-order valence-corrected chi connectivity index (χ4v) is 5.08. The lowest BCUT2D eigenvalue weighted by atomic mass is 10.1. The van der Waals surface area contributed by atoms with Crippen molar-refractivity contribution in [1.29, 1.82) is 0 Å². The van der Waals surface area contributed by atoms with Crippen LogP contribution >= 0.6 is 11.6 Å². The van der Waals surface area contributed by atoms with Crippen molar-refractivity contribution in [2.45, 2.75) is 25.4 Å². The number of rotatable bonds is 10. The molecule has 12 heteroatoms. The molecule has 0 bridgehead atoms. The van der Waals surface area contributed by atoms with E-state index >= 15 is 0 Å². The largest absolute Gasteiger partial charge is 0.490 e. The molecule has 0 aliphatic carbocycles. The normalized spacial score (nSPS) is 16.5. The van der Waals surface area contributed by atoms with Crippen LogP contribution in [0, 0.1) is 11.6 Å². The number of carbonyl (C=O) groups excluding carboxylic acids is 1. The minimum absolute atomic E-state index is 0.0263. The van der Waals surface area contributed by atoms with Gasteiger partial charge in [0.1, 0.15) is 29.1 Å². The highest BCUT2D eigenvalue weighted by atomic mass is 35.5. The third-order valence-corrected chi connectivity index (χ3v) is 7.54. The molecule has 218 valence electrons. The summed E-state index contributed by atoms with van der Waals surface area (Å²) in [5, 5.41) is 2.86. The number of halogens is 3. The number of morpholine rings is 1. The fourth-order valence-electron chi connectivity index (χ4n) is 4.92. The van der Waals surface area contributed by atoms with Crippen molar-refractivity contribution in [3.63, 3.8) is 0 Å². The molecular formula is C29H32ClF2N5O4. The molecule has 1 N–H and O–H groups in total. The van der Waals surface area contributed by atoms with Gasteiger partial charge < -0.3 is 24.4 Å². The molecule has 1 amide bonds. The molecule has 41 heavy (non-hydrogen) atoms. The Kier molecular flexibility index (Phi) is 9.48. The van der Waals surface area contributed by atoms with Crippen LogP contribution in [0.3, 0.4) is 0 Å². The van der Waals surface area contributed by atoms with E-state index in [1.807, 2.05) is 0 Å². The molecule has 0 saturated carbocycles. The zero-order chi connectivity index (χ0) is 28.8. The SMILES string of the molecule is C=CC(=O)N1CCC(Oc2cc3c(Nc4ccc(F)c(Cl)c4F)ncnc3cc2OCCCN2CCOCC2)CC1. The number of amides is 1. The summed E-state index contributed by atoms with van der Waals surface area (Å²) in [5.41, 5.74) is 0.527. The molecule has 2 fully saturated rings. The van der Waals surface area contributed by atoms with Crippen LogP contribution in [0.15, 0.2) is 43.2 Å². The number of carbonyl (C=O) groups is 1. The summed E-state index contributed by atoms with van der Waals surface area (Å²) in [4.78, 5) is 24.8. The number of ether oxygens (including phenoxy) is 3. The predicted molar refractivity (Wildman–Crippen MR) is 152 cm³/mol. The summed E-state index contributed by atoms with van der Waals surface area (Å²) in [6.45, 7) is 9.34. The number of benzene rings is 2. The first-order valence-corrected chi connectivity index (χ1v) is 14.0. The Morgan fingerprint density at radius 2 is 1.93 bits per heavy atom. The molecule has 0 atom stereocenters. The Morgan fingerprint density at radius 1 is 1.15 bits per heavy atom. The van der Waals surface area contributed by atoms with Gasteiger partial charge in [0.25, 0.3) is 0 Å². The second-order valence-corrected chi connectivity index (χ2v) is 10.3. The van der Waals surface area contributed by atoms with E-state index in [1.165, 1.54) is 18.5 Å². The van der Waals surface area contributed by atoms with E-state index in [0.29, 0.717) is 60.8 Å². The van der Waals surface area contributed by atoms with E-state index < -0.39 is 16.7 Å². The lowest BCUT2D eigenvalue weighted by molar-refractivity contribution is -0.127.